The van der Waals surface area contributed by atoms with Crippen LogP contribution in [0, 0.1) is 16.0 Å². The molecule has 2 aromatic carbocycles. The molecule has 1 aliphatic heterocycles. The number of likely N-dealkylation sites (N-methyl/N-ethyl adjacent to an activating group) is 1. The summed E-state index contributed by atoms with van der Waals surface area (Å²) in [7, 11) is 1.55. The van der Waals surface area contributed by atoms with E-state index in [2.05, 4.69) is 10.6 Å². The second kappa shape index (κ2) is 14.4. The molecule has 0 saturated carbocycles. The highest BCUT2D eigenvalue weighted by atomic mass is 16.6. The van der Waals surface area contributed by atoms with Crippen molar-refractivity contribution >= 4 is 29.4 Å². The molecular weight excluding hydrogens is 510 g/mol. The van der Waals surface area contributed by atoms with Gasteiger partial charge in [0, 0.05) is 28.8 Å². The maximum absolute atomic E-state index is 12.3. The molecular formula is C27H33N3O9. The highest BCUT2D eigenvalue weighted by molar-refractivity contribution is 6.09. The first kappa shape index (κ1) is 31.4. The van der Waals surface area contributed by atoms with Crippen molar-refractivity contribution < 1.29 is 39.1 Å². The monoisotopic (exact) mass is 543 g/mol. The third-order valence-electron chi connectivity index (χ3n) is 6.01. The number of nitro groups is 1. The van der Waals surface area contributed by atoms with Gasteiger partial charge < -0.3 is 25.6 Å². The number of hydrogen-bond donors (Lipinski definition) is 4. The molecule has 1 amide bonds. The minimum atomic E-state index is -1.15. The van der Waals surface area contributed by atoms with Gasteiger partial charge in [0.1, 0.15) is 12.3 Å². The summed E-state index contributed by atoms with van der Waals surface area (Å²) in [5.74, 6) is -0.836. The first-order chi connectivity index (χ1) is 18.5. The summed E-state index contributed by atoms with van der Waals surface area (Å²) in [6.07, 6.45) is 1.12. The zero-order valence-electron chi connectivity index (χ0n) is 22.0. The van der Waals surface area contributed by atoms with E-state index in [1.807, 2.05) is 13.8 Å². The Labute approximate surface area is 225 Å². The highest BCUT2D eigenvalue weighted by Gasteiger charge is 2.54. The number of aldehydes is 1. The van der Waals surface area contributed by atoms with Gasteiger partial charge in [-0.05, 0) is 37.6 Å². The number of Topliss-reactive ketones (excluding diaryl/α,β-unsaturated/α-hetero) is 1. The fourth-order valence-electron chi connectivity index (χ4n) is 3.65. The Hall–Kier alpha value is -3.84. The zero-order chi connectivity index (χ0) is 29.2. The molecule has 0 spiro atoms. The van der Waals surface area contributed by atoms with Gasteiger partial charge in [-0.1, -0.05) is 32.0 Å². The van der Waals surface area contributed by atoms with Crippen molar-refractivity contribution in [2.24, 2.45) is 5.92 Å². The number of rotatable bonds is 13. The van der Waals surface area contributed by atoms with Crippen LogP contribution in [0.4, 0.5) is 5.69 Å². The number of carbonyl (C=O) groups excluding carboxylic acids is 4. The Kier molecular flexibility index (Phi) is 11.5. The number of epoxide rings is 1. The maximum atomic E-state index is 12.3. The van der Waals surface area contributed by atoms with Crippen molar-refractivity contribution in [3.63, 3.8) is 0 Å². The number of amides is 1. The number of nitrogens with zero attached hydrogens (tertiary/aromatic N) is 1. The number of nitro benzene ring substituents is 1. The van der Waals surface area contributed by atoms with Gasteiger partial charge in [-0.3, -0.25) is 29.3 Å². The van der Waals surface area contributed by atoms with Gasteiger partial charge in [-0.2, -0.15) is 0 Å². The lowest BCUT2D eigenvalue weighted by Gasteiger charge is -2.24. The number of aliphatic hydroxyl groups is 2. The summed E-state index contributed by atoms with van der Waals surface area (Å²) in [5, 5.41) is 34.1. The minimum absolute atomic E-state index is 0.0711. The molecule has 12 heteroatoms. The number of carbonyl (C=O) groups is 4. The van der Waals surface area contributed by atoms with E-state index in [4.69, 9.17) is 9.84 Å². The average molecular weight is 544 g/mol. The quantitative estimate of drug-likeness (QED) is 0.0935. The molecule has 39 heavy (non-hydrogen) atoms. The van der Waals surface area contributed by atoms with Crippen LogP contribution in [0.15, 0.2) is 48.5 Å². The molecule has 3 rings (SSSR count). The Morgan fingerprint density at radius 2 is 1.74 bits per heavy atom. The number of non-ortho nitro benzene ring substituents is 1. The minimum Gasteiger partial charge on any atom is -0.394 e. The standard InChI is InChI=1S/C14H9NO4.C13H24N2O5/c16-9-10-2-1-3-12(8-10)14(17)11-4-6-13(7-5-11)15(18)19;1-8(2)4-9(11(18)13(6-17)7-20-13)15-12(19)10(5-16)14-3/h1-9H;8-10,14,16-17H,4-7H2,1-3H3,(H,15,19)/t;9?,10-,13?/m.0/s1. The smallest absolute Gasteiger partial charge is 0.269 e. The number of hydrogen-bond acceptors (Lipinski definition) is 10. The topological polar surface area (TPSA) is 188 Å². The summed E-state index contributed by atoms with van der Waals surface area (Å²) >= 11 is 0. The number of ketones is 2. The van der Waals surface area contributed by atoms with E-state index in [1.54, 1.807) is 25.2 Å². The van der Waals surface area contributed by atoms with Gasteiger partial charge in [0.25, 0.3) is 5.69 Å². The van der Waals surface area contributed by atoms with Crippen LogP contribution in [-0.2, 0) is 14.3 Å². The predicted octanol–water partition coefficient (Wildman–Crippen LogP) is 1.07. The van der Waals surface area contributed by atoms with Crippen LogP contribution < -0.4 is 10.6 Å². The molecule has 1 fully saturated rings. The van der Waals surface area contributed by atoms with Gasteiger partial charge in [0.15, 0.2) is 17.2 Å². The largest absolute Gasteiger partial charge is 0.394 e. The summed E-state index contributed by atoms with van der Waals surface area (Å²) in [6, 6.07) is 10.1. The lowest BCUT2D eigenvalue weighted by atomic mass is 9.92. The fourth-order valence-corrected chi connectivity index (χ4v) is 3.65. The lowest BCUT2D eigenvalue weighted by Crippen LogP contribution is -2.54. The van der Waals surface area contributed by atoms with Crippen LogP contribution in [0.3, 0.4) is 0 Å². The van der Waals surface area contributed by atoms with E-state index >= 15 is 0 Å². The molecule has 1 aliphatic rings. The van der Waals surface area contributed by atoms with Crippen LogP contribution >= 0.6 is 0 Å². The molecule has 2 aromatic rings. The molecule has 12 nitrogen and oxygen atoms in total. The van der Waals surface area contributed by atoms with Gasteiger partial charge in [0.05, 0.1) is 30.8 Å². The first-order valence-electron chi connectivity index (χ1n) is 12.2. The summed E-state index contributed by atoms with van der Waals surface area (Å²) in [4.78, 5) is 57.0. The van der Waals surface area contributed by atoms with E-state index in [9.17, 15) is 34.4 Å². The van der Waals surface area contributed by atoms with E-state index in [0.29, 0.717) is 29.4 Å². The molecule has 1 saturated heterocycles. The van der Waals surface area contributed by atoms with Crippen LogP contribution in [-0.4, -0.2) is 83.4 Å². The number of benzene rings is 2. The summed E-state index contributed by atoms with van der Waals surface area (Å²) < 4.78 is 5.05. The molecule has 3 atom stereocenters. The van der Waals surface area contributed by atoms with Crippen LogP contribution in [0.1, 0.15) is 46.5 Å². The third-order valence-corrected chi connectivity index (χ3v) is 6.01. The number of ether oxygens (including phenoxy) is 1. The summed E-state index contributed by atoms with van der Waals surface area (Å²) in [5.41, 5.74) is -0.0978. The van der Waals surface area contributed by atoms with E-state index in [-0.39, 0.29) is 43.0 Å². The average Bonchev–Trinajstić information content (AvgIpc) is 3.74. The molecule has 2 unspecified atom stereocenters. The Morgan fingerprint density at radius 1 is 1.10 bits per heavy atom. The van der Waals surface area contributed by atoms with Crippen molar-refractivity contribution in [3.8, 4) is 0 Å². The van der Waals surface area contributed by atoms with Crippen LogP contribution in [0.5, 0.6) is 0 Å². The maximum Gasteiger partial charge on any atom is 0.269 e. The molecule has 210 valence electrons. The van der Waals surface area contributed by atoms with Gasteiger partial charge in [0.2, 0.25) is 5.91 Å². The summed E-state index contributed by atoms with van der Waals surface area (Å²) in [6.45, 7) is 3.32. The van der Waals surface area contributed by atoms with Crippen LogP contribution in [0.2, 0.25) is 0 Å². The van der Waals surface area contributed by atoms with Crippen molar-refractivity contribution in [1.82, 2.24) is 10.6 Å². The van der Waals surface area contributed by atoms with Crippen molar-refractivity contribution in [1.29, 1.82) is 0 Å². The van der Waals surface area contributed by atoms with E-state index in [1.165, 1.54) is 30.3 Å². The van der Waals surface area contributed by atoms with E-state index < -0.39 is 28.5 Å². The second-order valence-electron chi connectivity index (χ2n) is 9.40. The second-order valence-corrected chi connectivity index (χ2v) is 9.40. The SMILES string of the molecule is CN[C@@H](CO)C(=O)NC(CC(C)C)C(=O)C1(CO)CO1.O=Cc1cccc(C(=O)c2ccc([N+](=O)[O-])cc2)c1. The fraction of sp³-hybridized carbons (Fsp3) is 0.407. The number of aliphatic hydroxyl groups excluding tert-OH is 2. The van der Waals surface area contributed by atoms with Crippen molar-refractivity contribution in [2.45, 2.75) is 38.0 Å². The normalized spacial score (nSPS) is 17.3. The van der Waals surface area contributed by atoms with Crippen molar-refractivity contribution in [2.75, 3.05) is 26.9 Å². The van der Waals surface area contributed by atoms with Gasteiger partial charge >= 0.3 is 0 Å². The van der Waals surface area contributed by atoms with Crippen molar-refractivity contribution in [3.05, 3.63) is 75.3 Å². The van der Waals surface area contributed by atoms with Gasteiger partial charge in [-0.15, -0.1) is 0 Å². The Balaban J connectivity index is 0.000000274. The Morgan fingerprint density at radius 3 is 2.21 bits per heavy atom. The molecule has 4 N–H and O–H groups in total. The molecule has 0 aliphatic carbocycles. The molecule has 1 heterocycles. The lowest BCUT2D eigenvalue weighted by molar-refractivity contribution is -0.384. The molecule has 0 bridgehead atoms. The van der Waals surface area contributed by atoms with Crippen LogP contribution in [0.25, 0.3) is 0 Å². The predicted molar refractivity (Wildman–Crippen MR) is 140 cm³/mol. The van der Waals surface area contributed by atoms with Gasteiger partial charge in [-0.25, -0.2) is 0 Å². The Bertz CT molecular complexity index is 1170. The van der Waals surface area contributed by atoms with E-state index in [0.717, 1.165) is 0 Å². The zero-order valence-corrected chi connectivity index (χ0v) is 22.0. The molecule has 0 radical (unpaired) electrons. The first-order valence-corrected chi connectivity index (χ1v) is 12.2. The molecule has 0 aromatic heterocycles. The number of nitrogens with one attached hydrogen (secondary N) is 2. The third kappa shape index (κ3) is 8.58. The highest BCUT2D eigenvalue weighted by Crippen LogP contribution is 2.30.